The van der Waals surface area contributed by atoms with Crippen LogP contribution in [0.3, 0.4) is 0 Å². The van der Waals surface area contributed by atoms with E-state index in [1.807, 2.05) is 43.3 Å². The summed E-state index contributed by atoms with van der Waals surface area (Å²) in [5, 5.41) is 0. The molecule has 0 bridgehead atoms. The van der Waals surface area contributed by atoms with Crippen LogP contribution in [0.4, 0.5) is 5.69 Å². The molecule has 0 radical (unpaired) electrons. The Labute approximate surface area is 107 Å². The fraction of sp³-hybridized carbons (Fsp3) is 0.267. The summed E-state index contributed by atoms with van der Waals surface area (Å²) in [6.45, 7) is 5.59. The molecule has 3 nitrogen and oxygen atoms in total. The quantitative estimate of drug-likeness (QED) is 0.601. The van der Waals surface area contributed by atoms with Crippen molar-refractivity contribution in [1.82, 2.24) is 0 Å². The summed E-state index contributed by atoms with van der Waals surface area (Å²) in [4.78, 5) is 13.7. The second-order valence-corrected chi connectivity index (χ2v) is 4.31. The average molecular weight is 243 g/mol. The SMILES string of the molecule is C=C/C=C/[C@@H]1[C@H](C)C(=O)N1c1ccc(OC)cc1. The molecule has 94 valence electrons. The zero-order valence-corrected chi connectivity index (χ0v) is 10.7. The third-order valence-corrected chi connectivity index (χ3v) is 3.23. The van der Waals surface area contributed by atoms with Gasteiger partial charge in [0.05, 0.1) is 19.1 Å². The maximum absolute atomic E-state index is 11.9. The van der Waals surface area contributed by atoms with Gasteiger partial charge in [-0.3, -0.25) is 4.79 Å². The summed E-state index contributed by atoms with van der Waals surface area (Å²) in [7, 11) is 1.63. The van der Waals surface area contributed by atoms with Crippen molar-refractivity contribution in [2.45, 2.75) is 13.0 Å². The van der Waals surface area contributed by atoms with Crippen LogP contribution in [0.2, 0.25) is 0 Å². The van der Waals surface area contributed by atoms with Crippen LogP contribution in [0.25, 0.3) is 0 Å². The predicted octanol–water partition coefficient (Wildman–Crippen LogP) is 2.79. The van der Waals surface area contributed by atoms with Crippen molar-refractivity contribution in [3.05, 3.63) is 49.1 Å². The molecular formula is C15H17NO2. The van der Waals surface area contributed by atoms with Gasteiger partial charge in [0.15, 0.2) is 0 Å². The number of hydrogen-bond acceptors (Lipinski definition) is 2. The predicted molar refractivity (Wildman–Crippen MR) is 72.8 cm³/mol. The molecule has 0 aliphatic carbocycles. The van der Waals surface area contributed by atoms with E-state index in [9.17, 15) is 4.79 Å². The molecule has 1 fully saturated rings. The van der Waals surface area contributed by atoms with Crippen molar-refractivity contribution in [1.29, 1.82) is 0 Å². The molecule has 0 saturated carbocycles. The van der Waals surface area contributed by atoms with E-state index < -0.39 is 0 Å². The fourth-order valence-corrected chi connectivity index (χ4v) is 2.14. The molecule has 1 heterocycles. The third-order valence-electron chi connectivity index (χ3n) is 3.23. The van der Waals surface area contributed by atoms with Crippen molar-refractivity contribution in [3.8, 4) is 5.75 Å². The van der Waals surface area contributed by atoms with Gasteiger partial charge < -0.3 is 9.64 Å². The number of allylic oxidation sites excluding steroid dienone is 2. The maximum atomic E-state index is 11.9. The van der Waals surface area contributed by atoms with Crippen molar-refractivity contribution in [2.24, 2.45) is 5.92 Å². The summed E-state index contributed by atoms with van der Waals surface area (Å²) in [6.07, 6.45) is 5.61. The van der Waals surface area contributed by atoms with Crippen molar-refractivity contribution in [3.63, 3.8) is 0 Å². The number of carbonyl (C=O) groups excluding carboxylic acids is 1. The van der Waals surface area contributed by atoms with Crippen LogP contribution in [0, 0.1) is 5.92 Å². The lowest BCUT2D eigenvalue weighted by Gasteiger charge is -2.44. The van der Waals surface area contributed by atoms with E-state index in [4.69, 9.17) is 4.74 Å². The topological polar surface area (TPSA) is 29.5 Å². The molecule has 1 aromatic rings. The van der Waals surface area contributed by atoms with Crippen LogP contribution in [-0.4, -0.2) is 19.1 Å². The Kier molecular flexibility index (Phi) is 3.51. The van der Waals surface area contributed by atoms with Gasteiger partial charge in [0.25, 0.3) is 0 Å². The largest absolute Gasteiger partial charge is 0.497 e. The van der Waals surface area contributed by atoms with Gasteiger partial charge in [-0.2, -0.15) is 0 Å². The first-order chi connectivity index (χ1) is 8.69. The number of rotatable bonds is 4. The minimum absolute atomic E-state index is 0.0308. The maximum Gasteiger partial charge on any atom is 0.232 e. The Morgan fingerprint density at radius 3 is 2.56 bits per heavy atom. The number of benzene rings is 1. The van der Waals surface area contributed by atoms with E-state index in [1.54, 1.807) is 18.1 Å². The fourth-order valence-electron chi connectivity index (χ4n) is 2.14. The van der Waals surface area contributed by atoms with Crippen LogP contribution in [-0.2, 0) is 4.79 Å². The standard InChI is InChI=1S/C15H17NO2/c1-4-5-6-14-11(2)15(17)16(14)12-7-9-13(18-3)10-8-12/h4-11,14H,1H2,2-3H3/b6-5+/t11-,14+/m0/s1. The minimum atomic E-state index is 0.0308. The number of nitrogens with zero attached hydrogens (tertiary/aromatic N) is 1. The summed E-state index contributed by atoms with van der Waals surface area (Å²) in [5.74, 6) is 0.972. The van der Waals surface area contributed by atoms with Gasteiger partial charge in [-0.05, 0) is 24.3 Å². The average Bonchev–Trinajstić information content (AvgIpc) is 2.42. The molecule has 0 aromatic heterocycles. The second kappa shape index (κ2) is 5.08. The number of ether oxygens (including phenoxy) is 1. The number of methoxy groups -OCH3 is 1. The summed E-state index contributed by atoms with van der Waals surface area (Å²) in [6, 6.07) is 7.64. The van der Waals surface area contributed by atoms with E-state index in [0.29, 0.717) is 0 Å². The van der Waals surface area contributed by atoms with Gasteiger partial charge >= 0.3 is 0 Å². The smallest absolute Gasteiger partial charge is 0.232 e. The Morgan fingerprint density at radius 2 is 2.00 bits per heavy atom. The highest BCUT2D eigenvalue weighted by molar-refractivity contribution is 6.03. The van der Waals surface area contributed by atoms with Crippen LogP contribution in [0.1, 0.15) is 6.92 Å². The normalized spacial score (nSPS) is 23.0. The number of hydrogen-bond donors (Lipinski definition) is 0. The second-order valence-electron chi connectivity index (χ2n) is 4.31. The van der Waals surface area contributed by atoms with Gasteiger partial charge in [0, 0.05) is 5.69 Å². The molecule has 1 aliphatic rings. The minimum Gasteiger partial charge on any atom is -0.497 e. The molecule has 1 aliphatic heterocycles. The highest BCUT2D eigenvalue weighted by Gasteiger charge is 2.43. The van der Waals surface area contributed by atoms with Crippen molar-refractivity contribution < 1.29 is 9.53 Å². The number of amides is 1. The molecule has 1 amide bonds. The van der Waals surface area contributed by atoms with Crippen LogP contribution < -0.4 is 9.64 Å². The first kappa shape index (κ1) is 12.4. The molecule has 1 aromatic carbocycles. The first-order valence-corrected chi connectivity index (χ1v) is 5.95. The van der Waals surface area contributed by atoms with Crippen molar-refractivity contribution in [2.75, 3.05) is 12.0 Å². The Bertz CT molecular complexity index is 476. The molecule has 2 atom stereocenters. The zero-order valence-electron chi connectivity index (χ0n) is 10.7. The molecule has 2 rings (SSSR count). The summed E-state index contributed by atoms with van der Waals surface area (Å²) >= 11 is 0. The Hall–Kier alpha value is -2.03. The Morgan fingerprint density at radius 1 is 1.33 bits per heavy atom. The van der Waals surface area contributed by atoms with E-state index in [0.717, 1.165) is 11.4 Å². The van der Waals surface area contributed by atoms with E-state index in [1.165, 1.54) is 0 Å². The third kappa shape index (κ3) is 2.04. The lowest BCUT2D eigenvalue weighted by Crippen LogP contribution is -2.59. The summed E-state index contributed by atoms with van der Waals surface area (Å²) < 4.78 is 5.11. The molecule has 18 heavy (non-hydrogen) atoms. The van der Waals surface area contributed by atoms with Crippen molar-refractivity contribution >= 4 is 11.6 Å². The molecule has 1 saturated heterocycles. The van der Waals surface area contributed by atoms with E-state index >= 15 is 0 Å². The first-order valence-electron chi connectivity index (χ1n) is 5.95. The van der Waals surface area contributed by atoms with Gasteiger partial charge in [-0.25, -0.2) is 0 Å². The highest BCUT2D eigenvalue weighted by Crippen LogP contribution is 2.33. The lowest BCUT2D eigenvalue weighted by atomic mass is 9.88. The van der Waals surface area contributed by atoms with Gasteiger partial charge in [0.2, 0.25) is 5.91 Å². The monoisotopic (exact) mass is 243 g/mol. The Balaban J connectivity index is 2.22. The molecule has 3 heteroatoms. The summed E-state index contributed by atoms with van der Waals surface area (Å²) in [5.41, 5.74) is 0.901. The molecular weight excluding hydrogens is 226 g/mol. The van der Waals surface area contributed by atoms with Crippen LogP contribution >= 0.6 is 0 Å². The van der Waals surface area contributed by atoms with E-state index in [2.05, 4.69) is 6.58 Å². The molecule has 0 N–H and O–H groups in total. The lowest BCUT2D eigenvalue weighted by molar-refractivity contribution is -0.128. The van der Waals surface area contributed by atoms with Crippen LogP contribution in [0.5, 0.6) is 5.75 Å². The van der Waals surface area contributed by atoms with E-state index in [-0.39, 0.29) is 17.9 Å². The van der Waals surface area contributed by atoms with Gasteiger partial charge in [-0.1, -0.05) is 31.7 Å². The van der Waals surface area contributed by atoms with Crippen LogP contribution in [0.15, 0.2) is 49.1 Å². The zero-order chi connectivity index (χ0) is 13.1. The number of carbonyl (C=O) groups is 1. The number of β-lactam (4-membered cyclic amide) rings is 1. The van der Waals surface area contributed by atoms with Gasteiger partial charge in [0.1, 0.15) is 5.75 Å². The molecule has 0 unspecified atom stereocenters. The highest BCUT2D eigenvalue weighted by atomic mass is 16.5. The van der Waals surface area contributed by atoms with Gasteiger partial charge in [-0.15, -0.1) is 0 Å². The number of anilines is 1. The molecule has 0 spiro atoms.